The van der Waals surface area contributed by atoms with Crippen LogP contribution in [0.1, 0.15) is 25.3 Å². The molecule has 0 aliphatic carbocycles. The van der Waals surface area contributed by atoms with Crippen LogP contribution in [0.25, 0.3) is 0 Å². The lowest BCUT2D eigenvalue weighted by Gasteiger charge is -2.19. The van der Waals surface area contributed by atoms with Gasteiger partial charge in [0, 0.05) is 18.9 Å². The zero-order valence-electron chi connectivity index (χ0n) is 13.0. The van der Waals surface area contributed by atoms with E-state index in [9.17, 15) is 4.79 Å². The summed E-state index contributed by atoms with van der Waals surface area (Å²) in [6.45, 7) is 2.07. The minimum atomic E-state index is -0.236. The van der Waals surface area contributed by atoms with Gasteiger partial charge in [-0.05, 0) is 18.4 Å². The van der Waals surface area contributed by atoms with Crippen LogP contribution >= 0.6 is 0 Å². The Hall–Kier alpha value is -1.39. The third kappa shape index (κ3) is 4.05. The Morgan fingerprint density at radius 2 is 1.95 bits per heavy atom. The molecule has 4 heteroatoms. The third-order valence-electron chi connectivity index (χ3n) is 4.31. The summed E-state index contributed by atoms with van der Waals surface area (Å²) in [4.78, 5) is 11.6. The fourth-order valence-electron chi connectivity index (χ4n) is 3.04. The highest BCUT2D eigenvalue weighted by Gasteiger charge is 2.42. The van der Waals surface area contributed by atoms with E-state index in [4.69, 9.17) is 14.2 Å². The molecule has 1 aliphatic heterocycles. The van der Waals surface area contributed by atoms with Crippen LogP contribution in [0.4, 0.5) is 0 Å². The molecule has 1 aromatic rings. The molecular weight excluding hydrogens is 268 g/mol. The quantitative estimate of drug-likeness (QED) is 0.756. The van der Waals surface area contributed by atoms with Crippen LogP contribution in [0.2, 0.25) is 0 Å². The largest absolute Gasteiger partial charge is 0.469 e. The Bertz CT molecular complexity index is 445. The summed E-state index contributed by atoms with van der Waals surface area (Å²) in [5, 5.41) is 0. The van der Waals surface area contributed by atoms with Gasteiger partial charge in [-0.15, -0.1) is 0 Å². The van der Waals surface area contributed by atoms with Crippen molar-refractivity contribution in [2.75, 3.05) is 14.2 Å². The molecule has 1 fully saturated rings. The second-order valence-corrected chi connectivity index (χ2v) is 5.61. The van der Waals surface area contributed by atoms with Crippen molar-refractivity contribution < 1.29 is 19.0 Å². The van der Waals surface area contributed by atoms with Gasteiger partial charge in [0.15, 0.2) is 6.29 Å². The molecule has 0 aromatic heterocycles. The predicted octanol–water partition coefficient (Wildman–Crippen LogP) is 2.81. The molecule has 4 nitrogen and oxygen atoms in total. The molecule has 1 aliphatic rings. The second-order valence-electron chi connectivity index (χ2n) is 5.61. The summed E-state index contributed by atoms with van der Waals surface area (Å²) in [5.74, 6) is 0.151. The number of esters is 1. The number of benzene rings is 1. The van der Waals surface area contributed by atoms with Crippen molar-refractivity contribution in [3.05, 3.63) is 35.9 Å². The number of rotatable bonds is 6. The number of hydrogen-bond acceptors (Lipinski definition) is 4. The molecule has 0 spiro atoms. The van der Waals surface area contributed by atoms with Crippen molar-refractivity contribution in [3.8, 4) is 0 Å². The maximum Gasteiger partial charge on any atom is 0.305 e. The lowest BCUT2D eigenvalue weighted by atomic mass is 9.86. The van der Waals surface area contributed by atoms with Crippen LogP contribution in [0.15, 0.2) is 30.3 Å². The Balaban J connectivity index is 1.99. The van der Waals surface area contributed by atoms with E-state index in [-0.39, 0.29) is 30.2 Å². The maximum absolute atomic E-state index is 11.6. The number of aryl methyl sites for hydroxylation is 1. The first kappa shape index (κ1) is 16.0. The smallest absolute Gasteiger partial charge is 0.305 e. The Kier molecular flexibility index (Phi) is 5.76. The Morgan fingerprint density at radius 3 is 2.57 bits per heavy atom. The van der Waals surface area contributed by atoms with E-state index in [2.05, 4.69) is 19.1 Å². The van der Waals surface area contributed by atoms with Gasteiger partial charge in [-0.1, -0.05) is 37.3 Å². The van der Waals surface area contributed by atoms with Crippen molar-refractivity contribution >= 4 is 5.97 Å². The average molecular weight is 292 g/mol. The molecule has 0 unspecified atom stereocenters. The van der Waals surface area contributed by atoms with E-state index in [1.54, 1.807) is 7.11 Å². The molecular formula is C17H24O4. The Morgan fingerprint density at radius 1 is 1.24 bits per heavy atom. The lowest BCUT2D eigenvalue weighted by Crippen LogP contribution is -2.24. The van der Waals surface area contributed by atoms with Crippen LogP contribution in [0.5, 0.6) is 0 Å². The van der Waals surface area contributed by atoms with E-state index in [0.29, 0.717) is 6.42 Å². The first-order valence-corrected chi connectivity index (χ1v) is 7.44. The third-order valence-corrected chi connectivity index (χ3v) is 4.31. The van der Waals surface area contributed by atoms with Gasteiger partial charge in [-0.25, -0.2) is 0 Å². The fraction of sp³-hybridized carbons (Fsp3) is 0.588. The summed E-state index contributed by atoms with van der Waals surface area (Å²) >= 11 is 0. The van der Waals surface area contributed by atoms with E-state index >= 15 is 0 Å². The standard InChI is InChI=1S/C17H24O4/c1-12-14(11-16(18)19-2)15(21-17(12)20-3)10-9-13-7-5-4-6-8-13/h4-8,12,14-15,17H,9-11H2,1-3H3/t12-,14-,15-,17+/m0/s1. The minimum absolute atomic E-state index is 0.0317. The van der Waals surface area contributed by atoms with Crippen molar-refractivity contribution in [3.63, 3.8) is 0 Å². The second kappa shape index (κ2) is 7.57. The average Bonchev–Trinajstić information content (AvgIpc) is 2.82. The minimum Gasteiger partial charge on any atom is -0.469 e. The topological polar surface area (TPSA) is 44.8 Å². The maximum atomic E-state index is 11.6. The fourth-order valence-corrected chi connectivity index (χ4v) is 3.04. The molecule has 21 heavy (non-hydrogen) atoms. The highest BCUT2D eigenvalue weighted by atomic mass is 16.7. The van der Waals surface area contributed by atoms with Crippen LogP contribution in [-0.4, -0.2) is 32.6 Å². The predicted molar refractivity (Wildman–Crippen MR) is 79.7 cm³/mol. The van der Waals surface area contributed by atoms with Gasteiger partial charge in [0.25, 0.3) is 0 Å². The van der Waals surface area contributed by atoms with Gasteiger partial charge in [-0.3, -0.25) is 4.79 Å². The number of hydrogen-bond donors (Lipinski definition) is 0. The number of ether oxygens (including phenoxy) is 3. The molecule has 2 rings (SSSR count). The van der Waals surface area contributed by atoms with E-state index in [0.717, 1.165) is 12.8 Å². The van der Waals surface area contributed by atoms with Gasteiger partial charge in [-0.2, -0.15) is 0 Å². The van der Waals surface area contributed by atoms with Gasteiger partial charge < -0.3 is 14.2 Å². The zero-order chi connectivity index (χ0) is 15.2. The number of carbonyl (C=O) groups excluding carboxylic acids is 1. The molecule has 0 saturated carbocycles. The molecule has 1 saturated heterocycles. The summed E-state index contributed by atoms with van der Waals surface area (Å²) in [5.41, 5.74) is 1.28. The van der Waals surface area contributed by atoms with Gasteiger partial charge in [0.2, 0.25) is 0 Å². The van der Waals surface area contributed by atoms with Crippen LogP contribution in [0, 0.1) is 11.8 Å². The lowest BCUT2D eigenvalue weighted by molar-refractivity contribution is -0.142. The summed E-state index contributed by atoms with van der Waals surface area (Å²) in [6, 6.07) is 10.3. The Labute approximate surface area is 126 Å². The van der Waals surface area contributed by atoms with Crippen molar-refractivity contribution in [1.29, 1.82) is 0 Å². The van der Waals surface area contributed by atoms with Crippen LogP contribution < -0.4 is 0 Å². The summed E-state index contributed by atoms with van der Waals surface area (Å²) in [7, 11) is 3.07. The molecule has 1 heterocycles. The summed E-state index contributed by atoms with van der Waals surface area (Å²) in [6.07, 6.45) is 2.00. The molecule has 0 radical (unpaired) electrons. The number of carbonyl (C=O) groups is 1. The van der Waals surface area contributed by atoms with Gasteiger partial charge >= 0.3 is 5.97 Å². The van der Waals surface area contributed by atoms with E-state index in [1.807, 2.05) is 18.2 Å². The van der Waals surface area contributed by atoms with Crippen molar-refractivity contribution in [2.24, 2.45) is 11.8 Å². The first-order valence-electron chi connectivity index (χ1n) is 7.44. The molecule has 4 atom stereocenters. The molecule has 1 aromatic carbocycles. The van der Waals surface area contributed by atoms with Crippen LogP contribution in [0.3, 0.4) is 0 Å². The van der Waals surface area contributed by atoms with Gasteiger partial charge in [0.05, 0.1) is 19.6 Å². The first-order chi connectivity index (χ1) is 10.2. The highest BCUT2D eigenvalue weighted by molar-refractivity contribution is 5.69. The highest BCUT2D eigenvalue weighted by Crippen LogP contribution is 2.37. The molecule has 0 amide bonds. The zero-order valence-corrected chi connectivity index (χ0v) is 13.0. The van der Waals surface area contributed by atoms with Crippen molar-refractivity contribution in [2.45, 2.75) is 38.6 Å². The monoisotopic (exact) mass is 292 g/mol. The van der Waals surface area contributed by atoms with E-state index in [1.165, 1.54) is 12.7 Å². The van der Waals surface area contributed by atoms with E-state index < -0.39 is 0 Å². The number of methoxy groups -OCH3 is 2. The summed E-state index contributed by atoms with van der Waals surface area (Å²) < 4.78 is 16.2. The molecule has 0 bridgehead atoms. The molecule has 0 N–H and O–H groups in total. The molecule has 116 valence electrons. The van der Waals surface area contributed by atoms with Crippen molar-refractivity contribution in [1.82, 2.24) is 0 Å². The van der Waals surface area contributed by atoms with Crippen LogP contribution in [-0.2, 0) is 25.4 Å². The van der Waals surface area contributed by atoms with Gasteiger partial charge in [0.1, 0.15) is 0 Å². The SMILES string of the molecule is COC(=O)C[C@H]1[C@H](C)[C@H](OC)O[C@H]1CCc1ccccc1. The normalized spacial score (nSPS) is 28.5.